The standard InChI is InChI=1S/C24H34N4O5S/c1-24(2,3)33-23(30)25-13-16-8-6-7-11-28(16)14-21(29)27-22-26-19(15-34-22)18-10-9-17(31-4)12-20(18)32-5/h9-10,12,15-16H,6-8,11,13-14H2,1-5H3,(H,25,30)(H,26,27,29)/t16-/m0/s1. The van der Waals surface area contributed by atoms with Crippen LogP contribution in [0.2, 0.25) is 0 Å². The normalized spacial score (nSPS) is 16.6. The van der Waals surface area contributed by atoms with Crippen LogP contribution in [0.3, 0.4) is 0 Å². The first-order valence-electron chi connectivity index (χ1n) is 11.4. The summed E-state index contributed by atoms with van der Waals surface area (Å²) in [6.07, 6.45) is 2.57. The van der Waals surface area contributed by atoms with E-state index in [1.54, 1.807) is 20.3 Å². The fraction of sp³-hybridized carbons (Fsp3) is 0.542. The Balaban J connectivity index is 1.57. The van der Waals surface area contributed by atoms with E-state index in [4.69, 9.17) is 14.2 Å². The monoisotopic (exact) mass is 490 g/mol. The summed E-state index contributed by atoms with van der Waals surface area (Å²) in [5.74, 6) is 1.21. The number of likely N-dealkylation sites (tertiary alicyclic amines) is 1. The topological polar surface area (TPSA) is 102 Å². The van der Waals surface area contributed by atoms with Crippen LogP contribution in [0, 0.1) is 0 Å². The Labute approximate surface area is 204 Å². The lowest BCUT2D eigenvalue weighted by Crippen LogP contribution is -2.49. The van der Waals surface area contributed by atoms with Gasteiger partial charge in [-0.1, -0.05) is 6.42 Å². The molecule has 1 saturated heterocycles. The molecule has 0 bridgehead atoms. The minimum Gasteiger partial charge on any atom is -0.497 e. The Morgan fingerprint density at radius 2 is 2.00 bits per heavy atom. The quantitative estimate of drug-likeness (QED) is 0.573. The van der Waals surface area contributed by atoms with Crippen molar-refractivity contribution in [1.29, 1.82) is 0 Å². The van der Waals surface area contributed by atoms with Gasteiger partial charge in [0.25, 0.3) is 0 Å². The molecular formula is C24H34N4O5S. The van der Waals surface area contributed by atoms with Crippen molar-refractivity contribution in [2.75, 3.05) is 39.2 Å². The highest BCUT2D eigenvalue weighted by Gasteiger charge is 2.26. The van der Waals surface area contributed by atoms with Crippen LogP contribution in [0.4, 0.5) is 9.93 Å². The number of carbonyl (C=O) groups excluding carboxylic acids is 2. The highest BCUT2D eigenvalue weighted by atomic mass is 32.1. The van der Waals surface area contributed by atoms with Gasteiger partial charge in [0.15, 0.2) is 5.13 Å². The number of anilines is 1. The first kappa shape index (κ1) is 25.8. The van der Waals surface area contributed by atoms with E-state index in [0.717, 1.165) is 37.1 Å². The zero-order valence-electron chi connectivity index (χ0n) is 20.5. The molecule has 1 fully saturated rings. The minimum atomic E-state index is -0.543. The summed E-state index contributed by atoms with van der Waals surface area (Å²) < 4.78 is 16.0. The van der Waals surface area contributed by atoms with Gasteiger partial charge in [0.05, 0.1) is 26.5 Å². The predicted octanol–water partition coefficient (Wildman–Crippen LogP) is 4.15. The number of nitrogens with zero attached hydrogens (tertiary/aromatic N) is 2. The van der Waals surface area contributed by atoms with E-state index in [2.05, 4.69) is 20.5 Å². The van der Waals surface area contributed by atoms with Crippen molar-refractivity contribution in [3.8, 4) is 22.8 Å². The summed E-state index contributed by atoms with van der Waals surface area (Å²) >= 11 is 1.36. The fourth-order valence-electron chi connectivity index (χ4n) is 3.82. The smallest absolute Gasteiger partial charge is 0.407 e. The maximum absolute atomic E-state index is 12.8. The summed E-state index contributed by atoms with van der Waals surface area (Å²) in [7, 11) is 3.20. The van der Waals surface area contributed by atoms with E-state index in [0.29, 0.717) is 23.2 Å². The first-order chi connectivity index (χ1) is 16.2. The number of piperidine rings is 1. The number of benzene rings is 1. The van der Waals surface area contributed by atoms with Crippen LogP contribution in [0.15, 0.2) is 23.6 Å². The number of hydrogen-bond acceptors (Lipinski definition) is 8. The third kappa shape index (κ3) is 7.33. The molecular weight excluding hydrogens is 456 g/mol. The summed E-state index contributed by atoms with van der Waals surface area (Å²) in [5, 5.41) is 8.15. The second-order valence-electron chi connectivity index (χ2n) is 9.16. The van der Waals surface area contributed by atoms with Crippen LogP contribution in [0.5, 0.6) is 11.5 Å². The molecule has 0 spiro atoms. The van der Waals surface area contributed by atoms with E-state index in [1.165, 1.54) is 11.3 Å². The van der Waals surface area contributed by atoms with Crippen molar-refractivity contribution < 1.29 is 23.8 Å². The number of aromatic nitrogens is 1. The Morgan fingerprint density at radius 1 is 1.21 bits per heavy atom. The van der Waals surface area contributed by atoms with E-state index < -0.39 is 11.7 Å². The van der Waals surface area contributed by atoms with Gasteiger partial charge < -0.3 is 24.8 Å². The number of alkyl carbamates (subject to hydrolysis) is 1. The molecule has 34 heavy (non-hydrogen) atoms. The van der Waals surface area contributed by atoms with Crippen molar-refractivity contribution in [1.82, 2.24) is 15.2 Å². The molecule has 9 nitrogen and oxygen atoms in total. The molecule has 2 N–H and O–H groups in total. The molecule has 1 aliphatic heterocycles. The second kappa shape index (κ2) is 11.5. The molecule has 1 aromatic carbocycles. The summed E-state index contributed by atoms with van der Waals surface area (Å²) in [4.78, 5) is 31.5. The Morgan fingerprint density at radius 3 is 2.71 bits per heavy atom. The number of thiazole rings is 1. The lowest BCUT2D eigenvalue weighted by Gasteiger charge is -2.35. The number of ether oxygens (including phenoxy) is 3. The average Bonchev–Trinajstić information content (AvgIpc) is 3.24. The van der Waals surface area contributed by atoms with Gasteiger partial charge in [-0.15, -0.1) is 11.3 Å². The molecule has 3 rings (SSSR count). The lowest BCUT2D eigenvalue weighted by molar-refractivity contribution is -0.118. The van der Waals surface area contributed by atoms with Crippen LogP contribution >= 0.6 is 11.3 Å². The Bertz CT molecular complexity index is 988. The molecule has 1 atom stereocenters. The van der Waals surface area contributed by atoms with E-state index in [-0.39, 0.29) is 18.5 Å². The Hall–Kier alpha value is -2.85. The van der Waals surface area contributed by atoms with Crippen LogP contribution in [-0.4, -0.2) is 67.4 Å². The van der Waals surface area contributed by atoms with Gasteiger partial charge in [-0.05, 0) is 52.3 Å². The number of nitrogens with one attached hydrogen (secondary N) is 2. The third-order valence-electron chi connectivity index (χ3n) is 5.41. The molecule has 2 heterocycles. The SMILES string of the molecule is COc1ccc(-c2csc(NC(=O)CN3CCCC[C@H]3CNC(=O)OC(C)(C)C)n2)c(OC)c1. The van der Waals surface area contributed by atoms with E-state index in [1.807, 2.05) is 38.3 Å². The molecule has 1 aromatic heterocycles. The Kier molecular flexibility index (Phi) is 8.73. The highest BCUT2D eigenvalue weighted by Crippen LogP contribution is 2.34. The summed E-state index contributed by atoms with van der Waals surface area (Å²) in [5.41, 5.74) is 1.00. The van der Waals surface area contributed by atoms with Crippen LogP contribution in [-0.2, 0) is 9.53 Å². The van der Waals surface area contributed by atoms with Crippen molar-refractivity contribution in [2.24, 2.45) is 0 Å². The zero-order valence-corrected chi connectivity index (χ0v) is 21.3. The average molecular weight is 491 g/mol. The molecule has 0 aliphatic carbocycles. The number of hydrogen-bond donors (Lipinski definition) is 2. The number of methoxy groups -OCH3 is 2. The summed E-state index contributed by atoms with van der Waals surface area (Å²) in [6, 6.07) is 5.61. The fourth-order valence-corrected chi connectivity index (χ4v) is 4.55. The van der Waals surface area contributed by atoms with Crippen LogP contribution < -0.4 is 20.1 Å². The third-order valence-corrected chi connectivity index (χ3v) is 6.17. The van der Waals surface area contributed by atoms with Gasteiger partial charge in [0.1, 0.15) is 17.1 Å². The largest absolute Gasteiger partial charge is 0.497 e. The van der Waals surface area contributed by atoms with Crippen molar-refractivity contribution in [3.63, 3.8) is 0 Å². The maximum Gasteiger partial charge on any atom is 0.407 e. The van der Waals surface area contributed by atoms with Crippen LogP contribution in [0.1, 0.15) is 40.0 Å². The number of amides is 2. The molecule has 186 valence electrons. The van der Waals surface area contributed by atoms with E-state index >= 15 is 0 Å². The molecule has 0 radical (unpaired) electrons. The van der Waals surface area contributed by atoms with Gasteiger partial charge in [0, 0.05) is 29.6 Å². The lowest BCUT2D eigenvalue weighted by atomic mass is 10.0. The van der Waals surface area contributed by atoms with Gasteiger partial charge in [0.2, 0.25) is 5.91 Å². The van der Waals surface area contributed by atoms with Crippen molar-refractivity contribution in [2.45, 2.75) is 51.7 Å². The van der Waals surface area contributed by atoms with Crippen molar-refractivity contribution >= 4 is 28.5 Å². The molecule has 0 saturated carbocycles. The first-order valence-corrected chi connectivity index (χ1v) is 12.2. The molecule has 2 amide bonds. The van der Waals surface area contributed by atoms with Gasteiger partial charge in [-0.3, -0.25) is 9.69 Å². The molecule has 1 aliphatic rings. The minimum absolute atomic E-state index is 0.0856. The van der Waals surface area contributed by atoms with Gasteiger partial charge >= 0.3 is 6.09 Å². The summed E-state index contributed by atoms with van der Waals surface area (Å²) in [6.45, 7) is 6.98. The molecule has 0 unspecified atom stereocenters. The highest BCUT2D eigenvalue weighted by molar-refractivity contribution is 7.14. The molecule has 10 heteroatoms. The second-order valence-corrected chi connectivity index (χ2v) is 10.0. The van der Waals surface area contributed by atoms with Gasteiger partial charge in [-0.2, -0.15) is 0 Å². The number of rotatable bonds is 8. The maximum atomic E-state index is 12.8. The van der Waals surface area contributed by atoms with Crippen molar-refractivity contribution in [3.05, 3.63) is 23.6 Å². The zero-order chi connectivity index (χ0) is 24.7. The van der Waals surface area contributed by atoms with E-state index in [9.17, 15) is 9.59 Å². The predicted molar refractivity (Wildman–Crippen MR) is 133 cm³/mol. The molecule has 2 aromatic rings. The number of carbonyl (C=O) groups is 2. The van der Waals surface area contributed by atoms with Gasteiger partial charge in [-0.25, -0.2) is 9.78 Å². The van der Waals surface area contributed by atoms with Crippen LogP contribution in [0.25, 0.3) is 11.3 Å².